The normalized spacial score (nSPS) is 17.0. The number of carbonyl (C=O) groups is 2. The van der Waals surface area contributed by atoms with Gasteiger partial charge in [0.1, 0.15) is 0 Å². The number of hydrogen-bond acceptors (Lipinski definition) is 8. The molecule has 0 radical (unpaired) electrons. The predicted octanol–water partition coefficient (Wildman–Crippen LogP) is 5.60. The number of unbranched alkanes of at least 4 members (excludes halogenated alkanes) is 4. The van der Waals surface area contributed by atoms with Crippen LogP contribution in [0.25, 0.3) is 0 Å². The summed E-state index contributed by atoms with van der Waals surface area (Å²) in [7, 11) is 0. The average Bonchev–Trinajstić information content (AvgIpc) is 2.92. The van der Waals surface area contributed by atoms with Crippen LogP contribution >= 0.6 is 0 Å². The second kappa shape index (κ2) is 24.2. The van der Waals surface area contributed by atoms with Crippen molar-refractivity contribution < 1.29 is 34.4 Å². The van der Waals surface area contributed by atoms with Crippen molar-refractivity contribution in [1.29, 1.82) is 0 Å². The summed E-state index contributed by atoms with van der Waals surface area (Å²) in [6, 6.07) is 0. The third kappa shape index (κ3) is 19.6. The predicted molar refractivity (Wildman–Crippen MR) is 165 cm³/mol. The Balaban J connectivity index is 4.57. The topological polar surface area (TPSA) is 117 Å². The zero-order valence-corrected chi connectivity index (χ0v) is 27.5. The summed E-state index contributed by atoms with van der Waals surface area (Å²) < 4.78 is 11.0. The minimum atomic E-state index is -0.842. The molecule has 3 N–H and O–H groups in total. The quantitative estimate of drug-likeness (QED) is 0.0885. The molecular weight excluding hydrogens is 522 g/mol. The van der Waals surface area contributed by atoms with Gasteiger partial charge in [-0.1, -0.05) is 99.8 Å². The van der Waals surface area contributed by atoms with Gasteiger partial charge in [0.05, 0.1) is 43.9 Å². The Morgan fingerprint density at radius 2 is 1.24 bits per heavy atom. The van der Waals surface area contributed by atoms with Crippen molar-refractivity contribution >= 4 is 11.9 Å². The molecule has 0 fully saturated rings. The lowest BCUT2D eigenvalue weighted by Crippen LogP contribution is -2.44. The molecule has 0 spiro atoms. The van der Waals surface area contributed by atoms with Crippen molar-refractivity contribution in [2.24, 2.45) is 29.6 Å². The molecule has 0 bridgehead atoms. The number of aliphatic hydroxyl groups is 3. The minimum Gasteiger partial charge on any atom is -0.465 e. The standard InChI is InChI=1S/C33H65NO7/c1-8-10-12-14-25(3)16-20-40-32(38)27(5)22-30(36)23-34(18-19-35)24-31(37)28(6)29(7)33(39)41-21-17-26(4)15-13-11-9-2/h25-31,35-37H,8-24H2,1-7H3. The summed E-state index contributed by atoms with van der Waals surface area (Å²) in [6.07, 6.45) is 9.79. The maximum Gasteiger partial charge on any atom is 0.309 e. The van der Waals surface area contributed by atoms with Crippen LogP contribution in [0, 0.1) is 29.6 Å². The lowest BCUT2D eigenvalue weighted by atomic mass is 9.90. The van der Waals surface area contributed by atoms with E-state index in [4.69, 9.17) is 9.47 Å². The van der Waals surface area contributed by atoms with Crippen LogP contribution in [0.3, 0.4) is 0 Å². The fourth-order valence-electron chi connectivity index (χ4n) is 5.02. The van der Waals surface area contributed by atoms with Crippen molar-refractivity contribution in [2.75, 3.05) is 39.5 Å². The summed E-state index contributed by atoms with van der Waals surface area (Å²) in [5.74, 6) is -0.885. The molecule has 0 rings (SSSR count). The molecule has 7 atom stereocenters. The highest BCUT2D eigenvalue weighted by atomic mass is 16.5. The third-order valence-corrected chi connectivity index (χ3v) is 8.44. The summed E-state index contributed by atoms with van der Waals surface area (Å²) in [4.78, 5) is 26.8. The van der Waals surface area contributed by atoms with Crippen molar-refractivity contribution in [1.82, 2.24) is 4.90 Å². The summed E-state index contributed by atoms with van der Waals surface area (Å²) in [5, 5.41) is 31.1. The molecule has 0 heterocycles. The number of rotatable bonds is 26. The zero-order chi connectivity index (χ0) is 31.2. The van der Waals surface area contributed by atoms with E-state index in [1.807, 2.05) is 6.92 Å². The van der Waals surface area contributed by atoms with E-state index in [1.54, 1.807) is 18.7 Å². The molecule has 0 aromatic heterocycles. The summed E-state index contributed by atoms with van der Waals surface area (Å²) >= 11 is 0. The largest absolute Gasteiger partial charge is 0.465 e. The first-order valence-corrected chi connectivity index (χ1v) is 16.5. The van der Waals surface area contributed by atoms with E-state index in [0.29, 0.717) is 25.0 Å². The zero-order valence-electron chi connectivity index (χ0n) is 27.5. The van der Waals surface area contributed by atoms with Crippen LogP contribution in [0.15, 0.2) is 0 Å². The number of nitrogens with zero attached hydrogens (tertiary/aromatic N) is 1. The van der Waals surface area contributed by atoms with E-state index in [0.717, 1.165) is 25.7 Å². The molecule has 0 saturated carbocycles. The fraction of sp³-hybridized carbons (Fsp3) is 0.939. The van der Waals surface area contributed by atoms with Crippen LogP contribution in [-0.2, 0) is 19.1 Å². The minimum absolute atomic E-state index is 0.129. The number of carbonyl (C=O) groups excluding carboxylic acids is 2. The van der Waals surface area contributed by atoms with Gasteiger partial charge >= 0.3 is 11.9 Å². The Morgan fingerprint density at radius 3 is 1.73 bits per heavy atom. The smallest absolute Gasteiger partial charge is 0.309 e. The van der Waals surface area contributed by atoms with Gasteiger partial charge in [-0.05, 0) is 37.0 Å². The Labute approximate surface area is 251 Å². The van der Waals surface area contributed by atoms with Crippen LogP contribution in [-0.4, -0.2) is 83.8 Å². The third-order valence-electron chi connectivity index (χ3n) is 8.44. The second-order valence-electron chi connectivity index (χ2n) is 12.6. The Kier molecular flexibility index (Phi) is 23.5. The lowest BCUT2D eigenvalue weighted by molar-refractivity contribution is -0.152. The number of esters is 2. The molecule has 244 valence electrons. The monoisotopic (exact) mass is 587 g/mol. The Bertz CT molecular complexity index is 661. The maximum absolute atomic E-state index is 12.6. The average molecular weight is 588 g/mol. The van der Waals surface area contributed by atoms with Crippen LogP contribution in [0.1, 0.15) is 119 Å². The van der Waals surface area contributed by atoms with Gasteiger partial charge in [-0.3, -0.25) is 14.5 Å². The van der Waals surface area contributed by atoms with Gasteiger partial charge in [-0.2, -0.15) is 0 Å². The molecule has 0 aromatic carbocycles. The highest BCUT2D eigenvalue weighted by molar-refractivity contribution is 5.72. The van der Waals surface area contributed by atoms with Gasteiger partial charge in [0.25, 0.3) is 0 Å². The molecular formula is C33H65NO7. The van der Waals surface area contributed by atoms with Crippen molar-refractivity contribution in [3.63, 3.8) is 0 Å². The van der Waals surface area contributed by atoms with E-state index in [9.17, 15) is 24.9 Å². The molecule has 0 saturated heterocycles. The highest BCUT2D eigenvalue weighted by Gasteiger charge is 2.30. The SMILES string of the molecule is CCCCCC(C)CCOC(=O)C(C)CC(O)CN(CCO)CC(O)C(C)C(C)C(=O)OCCC(C)CCCCC. The number of hydrogen-bond donors (Lipinski definition) is 3. The van der Waals surface area contributed by atoms with E-state index in [-0.39, 0.29) is 50.5 Å². The first kappa shape index (κ1) is 39.8. The first-order chi connectivity index (χ1) is 19.5. The van der Waals surface area contributed by atoms with Crippen LogP contribution in [0.4, 0.5) is 0 Å². The van der Waals surface area contributed by atoms with Crippen LogP contribution in [0.2, 0.25) is 0 Å². The van der Waals surface area contributed by atoms with Gasteiger partial charge in [-0.25, -0.2) is 0 Å². The maximum atomic E-state index is 12.6. The molecule has 8 nitrogen and oxygen atoms in total. The van der Waals surface area contributed by atoms with Crippen LogP contribution in [0.5, 0.6) is 0 Å². The Hall–Kier alpha value is -1.22. The first-order valence-electron chi connectivity index (χ1n) is 16.5. The molecule has 0 amide bonds. The van der Waals surface area contributed by atoms with Gasteiger partial charge in [-0.15, -0.1) is 0 Å². The molecule has 8 heteroatoms. The molecule has 0 aromatic rings. The second-order valence-corrected chi connectivity index (χ2v) is 12.6. The van der Waals surface area contributed by atoms with Gasteiger partial charge in [0.2, 0.25) is 0 Å². The van der Waals surface area contributed by atoms with Crippen molar-refractivity contribution in [3.8, 4) is 0 Å². The summed E-state index contributed by atoms with van der Waals surface area (Å²) in [5.41, 5.74) is 0. The molecule has 0 aliphatic carbocycles. The van der Waals surface area contributed by atoms with Gasteiger partial charge < -0.3 is 24.8 Å². The molecule has 0 aliphatic rings. The van der Waals surface area contributed by atoms with Gasteiger partial charge in [0, 0.05) is 19.6 Å². The van der Waals surface area contributed by atoms with E-state index < -0.39 is 24.0 Å². The van der Waals surface area contributed by atoms with Gasteiger partial charge in [0.15, 0.2) is 0 Å². The number of ether oxygens (including phenoxy) is 2. The number of aliphatic hydroxyl groups excluding tert-OH is 3. The lowest BCUT2D eigenvalue weighted by Gasteiger charge is -2.31. The molecule has 7 unspecified atom stereocenters. The fourth-order valence-corrected chi connectivity index (χ4v) is 5.02. The van der Waals surface area contributed by atoms with E-state index in [1.165, 1.54) is 38.5 Å². The summed E-state index contributed by atoms with van der Waals surface area (Å²) in [6.45, 7) is 15.4. The van der Waals surface area contributed by atoms with Crippen molar-refractivity contribution in [3.05, 3.63) is 0 Å². The molecule has 0 aliphatic heterocycles. The Morgan fingerprint density at radius 1 is 0.732 bits per heavy atom. The van der Waals surface area contributed by atoms with Crippen molar-refractivity contribution in [2.45, 2.75) is 131 Å². The molecule has 41 heavy (non-hydrogen) atoms. The van der Waals surface area contributed by atoms with E-state index in [2.05, 4.69) is 27.7 Å². The van der Waals surface area contributed by atoms with Crippen LogP contribution < -0.4 is 0 Å². The highest BCUT2D eigenvalue weighted by Crippen LogP contribution is 2.20. The van der Waals surface area contributed by atoms with E-state index >= 15 is 0 Å².